The Kier molecular flexibility index (Phi) is 4.58. The Balaban J connectivity index is 1.43. The molecule has 0 atom stereocenters. The highest BCUT2D eigenvalue weighted by Gasteiger charge is 2.38. The van der Waals surface area contributed by atoms with E-state index in [0.717, 1.165) is 38.0 Å². The molecule has 7 nitrogen and oxygen atoms in total. The van der Waals surface area contributed by atoms with Crippen LogP contribution in [0, 0.1) is 0 Å². The second-order valence-corrected chi connectivity index (χ2v) is 7.85. The van der Waals surface area contributed by atoms with Crippen LogP contribution in [0.25, 0.3) is 0 Å². The van der Waals surface area contributed by atoms with Crippen molar-refractivity contribution in [3.8, 4) is 11.5 Å². The van der Waals surface area contributed by atoms with Gasteiger partial charge in [0, 0.05) is 25.2 Å². The molecule has 26 heavy (non-hydrogen) atoms. The minimum Gasteiger partial charge on any atom is -0.535 e. The van der Waals surface area contributed by atoms with Crippen LogP contribution in [0.5, 0.6) is 11.5 Å². The Morgan fingerprint density at radius 3 is 2.81 bits per heavy atom. The SMILES string of the molecule is NC1(CN2CC(Oc3ccc4c(c3C(=O)O)OB(O)CC4)C2)CCCC1. The Labute approximate surface area is 153 Å². The van der Waals surface area contributed by atoms with E-state index in [2.05, 4.69) is 4.90 Å². The highest BCUT2D eigenvalue weighted by Crippen LogP contribution is 2.37. The van der Waals surface area contributed by atoms with E-state index in [1.54, 1.807) is 6.07 Å². The Morgan fingerprint density at radius 1 is 1.38 bits per heavy atom. The van der Waals surface area contributed by atoms with Crippen LogP contribution >= 0.6 is 0 Å². The van der Waals surface area contributed by atoms with Crippen molar-refractivity contribution in [1.29, 1.82) is 0 Å². The highest BCUT2D eigenvalue weighted by molar-refractivity contribution is 6.44. The number of fused-ring (bicyclic) bond motifs is 1. The summed E-state index contributed by atoms with van der Waals surface area (Å²) in [5.41, 5.74) is 7.14. The topological polar surface area (TPSA) is 105 Å². The summed E-state index contributed by atoms with van der Waals surface area (Å²) in [5, 5.41) is 19.3. The molecule has 0 spiro atoms. The van der Waals surface area contributed by atoms with Crippen LogP contribution in [0.4, 0.5) is 0 Å². The summed E-state index contributed by atoms with van der Waals surface area (Å²) >= 11 is 0. The number of benzene rings is 1. The summed E-state index contributed by atoms with van der Waals surface area (Å²) in [6.07, 6.45) is 5.55. The molecule has 0 aromatic heterocycles. The van der Waals surface area contributed by atoms with E-state index >= 15 is 0 Å². The lowest BCUT2D eigenvalue weighted by Gasteiger charge is -2.43. The fourth-order valence-electron chi connectivity index (χ4n) is 4.30. The average molecular weight is 360 g/mol. The Hall–Kier alpha value is -1.77. The predicted molar refractivity (Wildman–Crippen MR) is 96.8 cm³/mol. The van der Waals surface area contributed by atoms with Gasteiger partial charge in [-0.05, 0) is 37.2 Å². The van der Waals surface area contributed by atoms with Gasteiger partial charge in [0.1, 0.15) is 23.2 Å². The first-order chi connectivity index (χ1) is 12.4. The Morgan fingerprint density at radius 2 is 2.12 bits per heavy atom. The number of carboxylic acid groups (broad SMARTS) is 1. The van der Waals surface area contributed by atoms with Crippen LogP contribution in [-0.4, -0.2) is 59.4 Å². The van der Waals surface area contributed by atoms with Crippen LogP contribution in [0.3, 0.4) is 0 Å². The van der Waals surface area contributed by atoms with Gasteiger partial charge in [-0.1, -0.05) is 18.9 Å². The van der Waals surface area contributed by atoms with E-state index in [-0.39, 0.29) is 23.0 Å². The summed E-state index contributed by atoms with van der Waals surface area (Å²) in [7, 11) is -0.970. The van der Waals surface area contributed by atoms with Crippen LogP contribution in [0.2, 0.25) is 6.32 Å². The normalized spacial score (nSPS) is 22.5. The zero-order valence-electron chi connectivity index (χ0n) is 14.8. The summed E-state index contributed by atoms with van der Waals surface area (Å²) in [4.78, 5) is 14.0. The van der Waals surface area contributed by atoms with Gasteiger partial charge >= 0.3 is 13.1 Å². The number of rotatable bonds is 5. The zero-order valence-corrected chi connectivity index (χ0v) is 14.8. The van der Waals surface area contributed by atoms with Gasteiger partial charge in [0.15, 0.2) is 0 Å². The van der Waals surface area contributed by atoms with E-state index in [0.29, 0.717) is 18.5 Å². The van der Waals surface area contributed by atoms with Crippen molar-refractivity contribution in [2.75, 3.05) is 19.6 Å². The number of aryl methyl sites for hydroxylation is 1. The van der Waals surface area contributed by atoms with Crippen molar-refractivity contribution in [1.82, 2.24) is 4.90 Å². The largest absolute Gasteiger partial charge is 0.535 e. The maximum atomic E-state index is 11.8. The Bertz CT molecular complexity index is 701. The van der Waals surface area contributed by atoms with E-state index in [1.807, 2.05) is 6.07 Å². The second-order valence-electron chi connectivity index (χ2n) is 7.85. The highest BCUT2D eigenvalue weighted by atomic mass is 16.5. The molecular formula is C18H25BN2O5. The van der Waals surface area contributed by atoms with Crippen molar-refractivity contribution >= 4 is 13.1 Å². The van der Waals surface area contributed by atoms with Gasteiger partial charge in [0.25, 0.3) is 0 Å². The minimum absolute atomic E-state index is 0.00536. The molecule has 1 aromatic rings. The van der Waals surface area contributed by atoms with Crippen molar-refractivity contribution in [2.45, 2.75) is 50.1 Å². The molecule has 1 aromatic carbocycles. The van der Waals surface area contributed by atoms with Gasteiger partial charge in [0.05, 0.1) is 0 Å². The lowest BCUT2D eigenvalue weighted by Crippen LogP contribution is -2.60. The fraction of sp³-hybridized carbons (Fsp3) is 0.611. The number of hydrogen-bond donors (Lipinski definition) is 3. The molecule has 3 aliphatic rings. The molecule has 1 aliphatic carbocycles. The maximum absolute atomic E-state index is 11.8. The molecule has 0 bridgehead atoms. The van der Waals surface area contributed by atoms with Crippen LogP contribution < -0.4 is 15.1 Å². The third-order valence-electron chi connectivity index (χ3n) is 5.68. The van der Waals surface area contributed by atoms with Crippen LogP contribution in [0.15, 0.2) is 12.1 Å². The molecule has 2 fully saturated rings. The number of hydrogen-bond acceptors (Lipinski definition) is 6. The minimum atomic E-state index is -1.10. The monoisotopic (exact) mass is 360 g/mol. The molecule has 0 unspecified atom stereocenters. The van der Waals surface area contributed by atoms with Gasteiger partial charge in [-0.2, -0.15) is 0 Å². The lowest BCUT2D eigenvalue weighted by molar-refractivity contribution is 0.00585. The van der Waals surface area contributed by atoms with Gasteiger partial charge < -0.3 is 25.3 Å². The summed E-state index contributed by atoms with van der Waals surface area (Å²) in [6, 6.07) is 3.53. The molecule has 8 heteroatoms. The van der Waals surface area contributed by atoms with E-state index in [9.17, 15) is 14.9 Å². The quantitative estimate of drug-likeness (QED) is 0.676. The third kappa shape index (κ3) is 3.41. The van der Waals surface area contributed by atoms with Gasteiger partial charge in [-0.15, -0.1) is 0 Å². The van der Waals surface area contributed by atoms with E-state index < -0.39 is 13.1 Å². The molecule has 2 aliphatic heterocycles. The average Bonchev–Trinajstić information content (AvgIpc) is 2.98. The molecule has 0 radical (unpaired) electrons. The summed E-state index contributed by atoms with van der Waals surface area (Å²) in [5.74, 6) is -0.566. The predicted octanol–water partition coefficient (Wildman–Crippen LogP) is 1.13. The first-order valence-electron chi connectivity index (χ1n) is 9.35. The molecule has 140 valence electrons. The van der Waals surface area contributed by atoms with Gasteiger partial charge in [0.2, 0.25) is 0 Å². The van der Waals surface area contributed by atoms with Crippen molar-refractivity contribution in [3.05, 3.63) is 23.3 Å². The number of nitrogens with zero attached hydrogens (tertiary/aromatic N) is 1. The summed E-state index contributed by atoms with van der Waals surface area (Å²) in [6.45, 7) is 2.37. The molecular weight excluding hydrogens is 335 g/mol. The molecule has 2 heterocycles. The molecule has 1 saturated carbocycles. The lowest BCUT2D eigenvalue weighted by atomic mass is 9.78. The maximum Gasteiger partial charge on any atom is 0.522 e. The van der Waals surface area contributed by atoms with Gasteiger partial charge in [-0.25, -0.2) is 4.79 Å². The smallest absolute Gasteiger partial charge is 0.522 e. The van der Waals surface area contributed by atoms with Crippen LogP contribution in [-0.2, 0) is 6.42 Å². The number of nitrogens with two attached hydrogens (primary N) is 1. The number of likely N-dealkylation sites (tertiary alicyclic amines) is 1. The van der Waals surface area contributed by atoms with Crippen molar-refractivity contribution in [2.24, 2.45) is 5.73 Å². The first kappa shape index (κ1) is 17.6. The molecule has 1 saturated heterocycles. The fourth-order valence-corrected chi connectivity index (χ4v) is 4.30. The number of ether oxygens (including phenoxy) is 1. The summed E-state index contributed by atoms with van der Waals surface area (Å²) < 4.78 is 11.3. The van der Waals surface area contributed by atoms with Crippen molar-refractivity contribution < 1.29 is 24.3 Å². The number of aromatic carboxylic acids is 1. The standard InChI is InChI=1S/C18H25BN2O5/c20-18(6-1-2-7-18)11-21-9-13(10-21)25-14-4-3-12-5-8-19(24)26-16(12)15(14)17(22)23/h3-4,13,24H,1-2,5-11,20H2,(H,22,23). The van der Waals surface area contributed by atoms with Gasteiger partial charge in [-0.3, -0.25) is 4.90 Å². The van der Waals surface area contributed by atoms with Crippen LogP contribution in [0.1, 0.15) is 41.6 Å². The third-order valence-corrected chi connectivity index (χ3v) is 5.68. The molecule has 4 N–H and O–H groups in total. The molecule has 0 amide bonds. The van der Waals surface area contributed by atoms with Crippen molar-refractivity contribution in [3.63, 3.8) is 0 Å². The number of carboxylic acids is 1. The van der Waals surface area contributed by atoms with E-state index in [1.165, 1.54) is 12.8 Å². The number of carbonyl (C=O) groups is 1. The molecule has 4 rings (SSSR count). The zero-order chi connectivity index (χ0) is 18.3. The van der Waals surface area contributed by atoms with E-state index in [4.69, 9.17) is 15.1 Å². The second kappa shape index (κ2) is 6.76. The first-order valence-corrected chi connectivity index (χ1v) is 9.35.